The van der Waals surface area contributed by atoms with Gasteiger partial charge in [-0.25, -0.2) is 0 Å². The fraction of sp³-hybridized carbons (Fsp3) is 0.222. The number of para-hydroxylation sites is 1. The van der Waals surface area contributed by atoms with Crippen molar-refractivity contribution in [2.45, 2.75) is 26.7 Å². The Labute approximate surface area is 140 Å². The molecular formula is C18H19ClN2O2. The average Bonchev–Trinajstić information content (AvgIpc) is 2.56. The van der Waals surface area contributed by atoms with Crippen LogP contribution in [0, 0.1) is 0 Å². The lowest BCUT2D eigenvalue weighted by atomic mass is 10.0. The molecule has 0 bridgehead atoms. The fourth-order valence-corrected chi connectivity index (χ4v) is 2.42. The summed E-state index contributed by atoms with van der Waals surface area (Å²) >= 11 is 5.79. The van der Waals surface area contributed by atoms with Crippen LogP contribution in [0.3, 0.4) is 0 Å². The summed E-state index contributed by atoms with van der Waals surface area (Å²) in [6.45, 7) is 4.02. The average molecular weight is 331 g/mol. The van der Waals surface area contributed by atoms with Crippen molar-refractivity contribution in [2.24, 2.45) is 0 Å². The minimum Gasteiger partial charge on any atom is -0.318 e. The van der Waals surface area contributed by atoms with Gasteiger partial charge in [0, 0.05) is 16.4 Å². The Morgan fingerprint density at radius 1 is 0.870 bits per heavy atom. The molecular weight excluding hydrogens is 312 g/mol. The Morgan fingerprint density at radius 2 is 1.39 bits per heavy atom. The zero-order valence-electron chi connectivity index (χ0n) is 13.2. The number of rotatable bonds is 4. The lowest BCUT2D eigenvalue weighted by Gasteiger charge is -2.14. The first kappa shape index (κ1) is 17.0. The smallest absolute Gasteiger partial charge is 0.314 e. The van der Waals surface area contributed by atoms with Crippen LogP contribution in [0.15, 0.2) is 42.5 Å². The van der Waals surface area contributed by atoms with E-state index in [0.717, 1.165) is 29.7 Å². The van der Waals surface area contributed by atoms with Crippen molar-refractivity contribution in [2.75, 3.05) is 10.6 Å². The molecule has 0 spiro atoms. The van der Waals surface area contributed by atoms with Crippen LogP contribution in [-0.4, -0.2) is 11.8 Å². The molecule has 0 radical (unpaired) electrons. The number of amides is 2. The highest BCUT2D eigenvalue weighted by Gasteiger charge is 2.17. The molecule has 0 aliphatic heterocycles. The first-order chi connectivity index (χ1) is 11.0. The Hall–Kier alpha value is -2.33. The van der Waals surface area contributed by atoms with E-state index in [0.29, 0.717) is 10.7 Å². The van der Waals surface area contributed by atoms with Crippen LogP contribution in [0.2, 0.25) is 5.02 Å². The van der Waals surface area contributed by atoms with Crippen LogP contribution in [0.1, 0.15) is 25.0 Å². The molecule has 2 aromatic rings. The number of carbonyl (C=O) groups excluding carboxylic acids is 2. The summed E-state index contributed by atoms with van der Waals surface area (Å²) in [5.41, 5.74) is 3.27. The van der Waals surface area contributed by atoms with Gasteiger partial charge in [-0.2, -0.15) is 0 Å². The maximum Gasteiger partial charge on any atom is 0.314 e. The van der Waals surface area contributed by atoms with Gasteiger partial charge in [-0.3, -0.25) is 9.59 Å². The molecule has 0 fully saturated rings. The monoisotopic (exact) mass is 330 g/mol. The van der Waals surface area contributed by atoms with Gasteiger partial charge in [-0.05, 0) is 48.2 Å². The SMILES string of the molecule is CCc1cccc(CC)c1NC(=O)C(=O)Nc1ccc(Cl)cc1. The molecule has 0 saturated heterocycles. The normalized spacial score (nSPS) is 10.2. The van der Waals surface area contributed by atoms with Gasteiger partial charge >= 0.3 is 11.8 Å². The van der Waals surface area contributed by atoms with Gasteiger partial charge in [0.2, 0.25) is 0 Å². The maximum absolute atomic E-state index is 12.2. The third-order valence-electron chi connectivity index (χ3n) is 3.55. The van der Waals surface area contributed by atoms with Gasteiger partial charge in [-0.15, -0.1) is 0 Å². The van der Waals surface area contributed by atoms with Crippen LogP contribution in [0.5, 0.6) is 0 Å². The summed E-state index contributed by atoms with van der Waals surface area (Å²) in [7, 11) is 0. The number of benzene rings is 2. The summed E-state index contributed by atoms with van der Waals surface area (Å²) < 4.78 is 0. The molecule has 0 aliphatic carbocycles. The predicted molar refractivity (Wildman–Crippen MR) is 93.9 cm³/mol. The molecule has 23 heavy (non-hydrogen) atoms. The van der Waals surface area contributed by atoms with Gasteiger partial charge in [0.1, 0.15) is 0 Å². The number of anilines is 2. The largest absolute Gasteiger partial charge is 0.318 e. The van der Waals surface area contributed by atoms with Crippen LogP contribution in [0.25, 0.3) is 0 Å². The Balaban J connectivity index is 2.12. The summed E-state index contributed by atoms with van der Waals surface area (Å²) in [5, 5.41) is 5.86. The molecule has 4 nitrogen and oxygen atoms in total. The van der Waals surface area contributed by atoms with Gasteiger partial charge < -0.3 is 10.6 Å². The van der Waals surface area contributed by atoms with Crippen molar-refractivity contribution >= 4 is 34.8 Å². The molecule has 2 amide bonds. The van der Waals surface area contributed by atoms with Gasteiger partial charge in [-0.1, -0.05) is 43.6 Å². The molecule has 5 heteroatoms. The molecule has 2 aromatic carbocycles. The summed E-state index contributed by atoms with van der Waals surface area (Å²) in [6, 6.07) is 12.4. The first-order valence-electron chi connectivity index (χ1n) is 7.53. The minimum absolute atomic E-state index is 0.522. The number of carbonyl (C=O) groups is 2. The Kier molecular flexibility index (Phi) is 5.77. The molecule has 2 N–H and O–H groups in total. The van der Waals surface area contributed by atoms with E-state index in [9.17, 15) is 9.59 Å². The number of nitrogens with one attached hydrogen (secondary N) is 2. The Morgan fingerprint density at radius 3 is 1.91 bits per heavy atom. The number of hydrogen-bond acceptors (Lipinski definition) is 2. The zero-order valence-corrected chi connectivity index (χ0v) is 13.9. The first-order valence-corrected chi connectivity index (χ1v) is 7.91. The van der Waals surface area contributed by atoms with Crippen LogP contribution in [-0.2, 0) is 22.4 Å². The number of hydrogen-bond donors (Lipinski definition) is 2. The lowest BCUT2D eigenvalue weighted by Crippen LogP contribution is -2.29. The highest BCUT2D eigenvalue weighted by atomic mass is 35.5. The van der Waals surface area contributed by atoms with Crippen molar-refractivity contribution in [1.29, 1.82) is 0 Å². The summed E-state index contributed by atoms with van der Waals surface area (Å²) in [6.07, 6.45) is 1.56. The standard InChI is InChI=1S/C18H19ClN2O2/c1-3-12-6-5-7-13(4-2)16(12)21-18(23)17(22)20-15-10-8-14(19)9-11-15/h5-11H,3-4H2,1-2H3,(H,20,22)(H,21,23). The molecule has 0 aliphatic rings. The second-order valence-corrected chi connectivity index (χ2v) is 5.51. The zero-order chi connectivity index (χ0) is 16.8. The highest BCUT2D eigenvalue weighted by Crippen LogP contribution is 2.22. The third kappa shape index (κ3) is 4.33. The fourth-order valence-electron chi connectivity index (χ4n) is 2.29. The number of halogens is 1. The van der Waals surface area contributed by atoms with Crippen molar-refractivity contribution in [3.63, 3.8) is 0 Å². The maximum atomic E-state index is 12.2. The van der Waals surface area contributed by atoms with E-state index in [-0.39, 0.29) is 0 Å². The van der Waals surface area contributed by atoms with E-state index in [1.165, 1.54) is 0 Å². The second kappa shape index (κ2) is 7.79. The molecule has 0 saturated carbocycles. The molecule has 120 valence electrons. The molecule has 2 rings (SSSR count). The van der Waals surface area contributed by atoms with Gasteiger partial charge in [0.15, 0.2) is 0 Å². The van der Waals surface area contributed by atoms with Crippen LogP contribution < -0.4 is 10.6 Å². The van der Waals surface area contributed by atoms with Gasteiger partial charge in [0.25, 0.3) is 0 Å². The molecule has 0 unspecified atom stereocenters. The van der Waals surface area contributed by atoms with Crippen LogP contribution in [0.4, 0.5) is 11.4 Å². The molecule has 0 atom stereocenters. The second-order valence-electron chi connectivity index (χ2n) is 5.07. The van der Waals surface area contributed by atoms with E-state index in [1.54, 1.807) is 24.3 Å². The van der Waals surface area contributed by atoms with E-state index < -0.39 is 11.8 Å². The van der Waals surface area contributed by atoms with E-state index >= 15 is 0 Å². The summed E-state index contributed by atoms with van der Waals surface area (Å²) in [4.78, 5) is 24.2. The molecule has 0 aromatic heterocycles. The predicted octanol–water partition coefficient (Wildman–Crippen LogP) is 4.04. The quantitative estimate of drug-likeness (QED) is 0.831. The van der Waals surface area contributed by atoms with E-state index in [1.807, 2.05) is 32.0 Å². The highest BCUT2D eigenvalue weighted by molar-refractivity contribution is 6.43. The minimum atomic E-state index is -0.708. The Bertz CT molecular complexity index is 689. The lowest BCUT2D eigenvalue weighted by molar-refractivity contribution is -0.133. The van der Waals surface area contributed by atoms with Crippen LogP contribution >= 0.6 is 11.6 Å². The van der Waals surface area contributed by atoms with Crippen molar-refractivity contribution < 1.29 is 9.59 Å². The van der Waals surface area contributed by atoms with Crippen molar-refractivity contribution in [3.8, 4) is 0 Å². The third-order valence-corrected chi connectivity index (χ3v) is 3.80. The summed E-state index contributed by atoms with van der Waals surface area (Å²) in [5.74, 6) is -1.39. The van der Waals surface area contributed by atoms with Crippen molar-refractivity contribution in [1.82, 2.24) is 0 Å². The topological polar surface area (TPSA) is 58.2 Å². The number of aryl methyl sites for hydroxylation is 2. The van der Waals surface area contributed by atoms with Crippen molar-refractivity contribution in [3.05, 3.63) is 58.6 Å². The van der Waals surface area contributed by atoms with E-state index in [4.69, 9.17) is 11.6 Å². The molecule has 0 heterocycles. The van der Waals surface area contributed by atoms with E-state index in [2.05, 4.69) is 10.6 Å². The van der Waals surface area contributed by atoms with Gasteiger partial charge in [0.05, 0.1) is 0 Å².